The molecule has 1 heterocycles. The number of halogens is 2. The average Bonchev–Trinajstić information content (AvgIpc) is 2.51. The van der Waals surface area contributed by atoms with E-state index in [-0.39, 0.29) is 0 Å². The van der Waals surface area contributed by atoms with E-state index in [9.17, 15) is 8.78 Å². The fraction of sp³-hybridized carbons (Fsp3) is 0.100. The van der Waals surface area contributed by atoms with Gasteiger partial charge in [0.2, 0.25) is 0 Å². The predicted octanol–water partition coefficient (Wildman–Crippen LogP) is 2.73. The Morgan fingerprint density at radius 2 is 2.06 bits per heavy atom. The second-order valence-corrected chi connectivity index (χ2v) is 4.28. The van der Waals surface area contributed by atoms with Crippen LogP contribution in [0.1, 0.15) is 5.82 Å². The van der Waals surface area contributed by atoms with E-state index in [1.165, 1.54) is 17.8 Å². The summed E-state index contributed by atoms with van der Waals surface area (Å²) >= 11 is 1.18. The fourth-order valence-corrected chi connectivity index (χ4v) is 2.08. The zero-order valence-electron chi connectivity index (χ0n) is 8.42. The van der Waals surface area contributed by atoms with Crippen molar-refractivity contribution >= 4 is 17.6 Å². The molecule has 0 bridgehead atoms. The monoisotopic (exact) mass is 241 g/mol. The minimum Gasteiger partial charge on any atom is -0.383 e. The Hall–Kier alpha value is -1.56. The summed E-state index contributed by atoms with van der Waals surface area (Å²) in [4.78, 5) is 7.51. The summed E-state index contributed by atoms with van der Waals surface area (Å²) in [6.07, 6.45) is 0. The summed E-state index contributed by atoms with van der Waals surface area (Å²) in [5.74, 6) is -0.638. The van der Waals surface area contributed by atoms with Crippen molar-refractivity contribution < 1.29 is 8.78 Å². The average molecular weight is 241 g/mol. The summed E-state index contributed by atoms with van der Waals surface area (Å²) in [5.41, 5.74) is 5.65. The zero-order valence-corrected chi connectivity index (χ0v) is 9.24. The van der Waals surface area contributed by atoms with E-state index in [0.717, 1.165) is 12.1 Å². The van der Waals surface area contributed by atoms with Crippen LogP contribution in [-0.2, 0) is 0 Å². The Labute approximate surface area is 95.1 Å². The Balaban J connectivity index is 2.27. The van der Waals surface area contributed by atoms with Gasteiger partial charge in [0.25, 0.3) is 0 Å². The molecule has 6 heteroatoms. The number of H-pyrrole nitrogens is 1. The van der Waals surface area contributed by atoms with Crippen molar-refractivity contribution in [3.63, 3.8) is 0 Å². The Bertz CT molecular complexity index is 525. The van der Waals surface area contributed by atoms with E-state index in [1.54, 1.807) is 6.92 Å². The van der Waals surface area contributed by atoms with Gasteiger partial charge in [-0.05, 0) is 25.1 Å². The number of anilines is 1. The van der Waals surface area contributed by atoms with Crippen LogP contribution in [0.3, 0.4) is 0 Å². The molecule has 1 aromatic heterocycles. The normalized spacial score (nSPS) is 10.7. The maximum atomic E-state index is 12.9. The van der Waals surface area contributed by atoms with Crippen LogP contribution in [0.5, 0.6) is 0 Å². The van der Waals surface area contributed by atoms with Gasteiger partial charge in [0.1, 0.15) is 16.7 Å². The van der Waals surface area contributed by atoms with Gasteiger partial charge in [-0.3, -0.25) is 0 Å². The molecule has 0 aliphatic rings. The third kappa shape index (κ3) is 2.16. The highest BCUT2D eigenvalue weighted by Gasteiger charge is 2.09. The minimum atomic E-state index is -0.879. The Morgan fingerprint density at radius 3 is 2.62 bits per heavy atom. The van der Waals surface area contributed by atoms with Crippen molar-refractivity contribution in [3.8, 4) is 0 Å². The molecule has 0 unspecified atom stereocenters. The van der Waals surface area contributed by atoms with Gasteiger partial charge in [-0.2, -0.15) is 0 Å². The maximum Gasteiger partial charge on any atom is 0.159 e. The van der Waals surface area contributed by atoms with Gasteiger partial charge in [0.15, 0.2) is 11.6 Å². The van der Waals surface area contributed by atoms with Crippen LogP contribution in [0.25, 0.3) is 0 Å². The lowest BCUT2D eigenvalue weighted by Crippen LogP contribution is -1.87. The number of aromatic nitrogens is 2. The second kappa shape index (κ2) is 4.13. The van der Waals surface area contributed by atoms with E-state index in [1.807, 2.05) is 0 Å². The maximum absolute atomic E-state index is 12.9. The van der Waals surface area contributed by atoms with Crippen molar-refractivity contribution in [1.82, 2.24) is 9.97 Å². The molecule has 16 heavy (non-hydrogen) atoms. The number of imidazole rings is 1. The quantitative estimate of drug-likeness (QED) is 0.850. The Morgan fingerprint density at radius 1 is 1.31 bits per heavy atom. The van der Waals surface area contributed by atoms with Crippen molar-refractivity contribution in [2.24, 2.45) is 0 Å². The molecule has 0 aliphatic carbocycles. The molecule has 2 aromatic rings. The number of hydrogen-bond donors (Lipinski definition) is 2. The van der Waals surface area contributed by atoms with Crippen LogP contribution in [0.15, 0.2) is 28.1 Å². The van der Waals surface area contributed by atoms with Crippen LogP contribution in [0.4, 0.5) is 14.6 Å². The number of nitrogens with one attached hydrogen (secondary N) is 1. The molecule has 0 spiro atoms. The van der Waals surface area contributed by atoms with Gasteiger partial charge in [-0.25, -0.2) is 13.8 Å². The van der Waals surface area contributed by atoms with Crippen LogP contribution in [-0.4, -0.2) is 9.97 Å². The van der Waals surface area contributed by atoms with Crippen molar-refractivity contribution in [2.45, 2.75) is 16.8 Å². The van der Waals surface area contributed by atoms with Crippen molar-refractivity contribution in [1.29, 1.82) is 0 Å². The third-order valence-corrected chi connectivity index (χ3v) is 2.92. The number of nitrogens with zero attached hydrogens (tertiary/aromatic N) is 1. The largest absolute Gasteiger partial charge is 0.383 e. The van der Waals surface area contributed by atoms with Gasteiger partial charge < -0.3 is 10.7 Å². The highest BCUT2D eigenvalue weighted by molar-refractivity contribution is 7.99. The van der Waals surface area contributed by atoms with Crippen molar-refractivity contribution in [2.75, 3.05) is 5.73 Å². The molecule has 0 fully saturated rings. The van der Waals surface area contributed by atoms with Crippen LogP contribution >= 0.6 is 11.8 Å². The summed E-state index contributed by atoms with van der Waals surface area (Å²) in [6, 6.07) is 3.67. The van der Waals surface area contributed by atoms with Gasteiger partial charge in [-0.15, -0.1) is 0 Å². The number of hydrogen-bond acceptors (Lipinski definition) is 3. The van der Waals surface area contributed by atoms with E-state index >= 15 is 0 Å². The third-order valence-electron chi connectivity index (χ3n) is 1.92. The van der Waals surface area contributed by atoms with Crippen molar-refractivity contribution in [3.05, 3.63) is 35.7 Å². The molecular formula is C10H9F2N3S. The highest BCUT2D eigenvalue weighted by Crippen LogP contribution is 2.30. The first-order chi connectivity index (χ1) is 7.56. The van der Waals surface area contributed by atoms with Gasteiger partial charge in [-0.1, -0.05) is 11.8 Å². The second-order valence-electron chi connectivity index (χ2n) is 3.22. The predicted molar refractivity (Wildman–Crippen MR) is 58.2 cm³/mol. The molecule has 3 N–H and O–H groups in total. The smallest absolute Gasteiger partial charge is 0.159 e. The lowest BCUT2D eigenvalue weighted by atomic mass is 10.3. The molecule has 2 rings (SSSR count). The molecule has 0 aliphatic heterocycles. The SMILES string of the molecule is Cc1nc(Sc2ccc(F)c(F)c2)c(N)[nH]1. The standard InChI is InChI=1S/C10H9F2N3S/c1-5-14-9(13)10(15-5)16-6-2-3-7(11)8(12)4-6/h2-4H,13H2,1H3,(H,14,15). The summed E-state index contributed by atoms with van der Waals surface area (Å²) < 4.78 is 25.6. The highest BCUT2D eigenvalue weighted by atomic mass is 32.2. The number of nitrogens with two attached hydrogens (primary N) is 1. The minimum absolute atomic E-state index is 0.423. The molecule has 0 radical (unpaired) electrons. The van der Waals surface area contributed by atoms with E-state index < -0.39 is 11.6 Å². The fourth-order valence-electron chi connectivity index (χ4n) is 1.22. The van der Waals surface area contributed by atoms with Gasteiger partial charge in [0, 0.05) is 4.90 Å². The molecule has 1 aromatic carbocycles. The van der Waals surface area contributed by atoms with E-state index in [2.05, 4.69) is 9.97 Å². The molecule has 0 atom stereocenters. The number of rotatable bonds is 2. The van der Waals surface area contributed by atoms with Crippen LogP contribution in [0.2, 0.25) is 0 Å². The summed E-state index contributed by atoms with van der Waals surface area (Å²) in [7, 11) is 0. The molecule has 84 valence electrons. The zero-order chi connectivity index (χ0) is 11.7. The lowest BCUT2D eigenvalue weighted by Gasteiger charge is -1.99. The number of aryl methyl sites for hydroxylation is 1. The van der Waals surface area contributed by atoms with Crippen LogP contribution < -0.4 is 5.73 Å². The van der Waals surface area contributed by atoms with Gasteiger partial charge >= 0.3 is 0 Å². The first kappa shape index (κ1) is 10.9. The molecule has 0 saturated carbocycles. The topological polar surface area (TPSA) is 54.7 Å². The first-order valence-electron chi connectivity index (χ1n) is 4.51. The Kier molecular flexibility index (Phi) is 2.82. The number of benzene rings is 1. The number of aromatic amines is 1. The first-order valence-corrected chi connectivity index (χ1v) is 5.33. The molecular weight excluding hydrogens is 232 g/mol. The number of nitrogen functional groups attached to an aromatic ring is 1. The van der Waals surface area contributed by atoms with E-state index in [4.69, 9.17) is 5.73 Å². The molecule has 3 nitrogen and oxygen atoms in total. The molecule has 0 amide bonds. The summed E-state index contributed by atoms with van der Waals surface area (Å²) in [5, 5.41) is 0.559. The van der Waals surface area contributed by atoms with Gasteiger partial charge in [0.05, 0.1) is 0 Å². The summed E-state index contributed by atoms with van der Waals surface area (Å²) in [6.45, 7) is 1.77. The molecule has 0 saturated heterocycles. The van der Waals surface area contributed by atoms with E-state index in [0.29, 0.717) is 21.6 Å². The van der Waals surface area contributed by atoms with Crippen LogP contribution in [0, 0.1) is 18.6 Å². The lowest BCUT2D eigenvalue weighted by molar-refractivity contribution is 0.506.